The number of nitrogens with zero attached hydrogens (tertiary/aromatic N) is 5. The molecule has 0 amide bonds. The SMILES string of the molecule is C=Cc1ccc(N/C(=C\C)c2ccc(Cl)nc2)cc1-c1nc(N2CCC(N)CC2)nc2c1ccc(=O)n2-c1c(F)cccc1F. The average Bonchev–Trinajstić information content (AvgIpc) is 3.04. The highest BCUT2D eigenvalue weighted by Gasteiger charge is 2.24. The molecule has 8 nitrogen and oxygen atoms in total. The second kappa shape index (κ2) is 12.6. The van der Waals surface area contributed by atoms with E-state index in [0.29, 0.717) is 40.8 Å². The molecule has 0 spiro atoms. The first-order valence-electron chi connectivity index (χ1n) is 14.5. The van der Waals surface area contributed by atoms with Crippen LogP contribution in [-0.2, 0) is 0 Å². The minimum absolute atomic E-state index is 0.0543. The van der Waals surface area contributed by atoms with Crippen molar-refractivity contribution in [1.82, 2.24) is 19.5 Å². The van der Waals surface area contributed by atoms with Gasteiger partial charge in [0.25, 0.3) is 5.56 Å². The fourth-order valence-corrected chi connectivity index (χ4v) is 5.60. The lowest BCUT2D eigenvalue weighted by molar-refractivity contribution is 0.496. The molecule has 45 heavy (non-hydrogen) atoms. The topological polar surface area (TPSA) is 102 Å². The molecule has 1 saturated heterocycles. The smallest absolute Gasteiger partial charge is 0.256 e. The molecule has 1 fully saturated rings. The minimum Gasteiger partial charge on any atom is -0.355 e. The Morgan fingerprint density at radius 2 is 1.82 bits per heavy atom. The van der Waals surface area contributed by atoms with Crippen molar-refractivity contribution < 1.29 is 8.78 Å². The zero-order chi connectivity index (χ0) is 31.7. The number of aromatic nitrogens is 4. The maximum absolute atomic E-state index is 15.1. The number of piperidine rings is 1. The van der Waals surface area contributed by atoms with Crippen molar-refractivity contribution in [3.63, 3.8) is 0 Å². The molecule has 1 aliphatic heterocycles. The van der Waals surface area contributed by atoms with E-state index in [0.717, 1.165) is 52.1 Å². The number of hydrogen-bond donors (Lipinski definition) is 2. The van der Waals surface area contributed by atoms with E-state index in [9.17, 15) is 4.79 Å². The van der Waals surface area contributed by atoms with Crippen LogP contribution in [-0.4, -0.2) is 38.7 Å². The van der Waals surface area contributed by atoms with Gasteiger partial charge in [-0.3, -0.25) is 9.36 Å². The van der Waals surface area contributed by atoms with Gasteiger partial charge < -0.3 is 16.0 Å². The van der Waals surface area contributed by atoms with Crippen LogP contribution in [0.1, 0.15) is 30.9 Å². The van der Waals surface area contributed by atoms with E-state index >= 15 is 8.78 Å². The van der Waals surface area contributed by atoms with Gasteiger partial charge in [0.2, 0.25) is 5.95 Å². The molecule has 0 saturated carbocycles. The van der Waals surface area contributed by atoms with E-state index in [1.54, 1.807) is 24.4 Å². The predicted octanol–water partition coefficient (Wildman–Crippen LogP) is 6.82. The second-order valence-electron chi connectivity index (χ2n) is 10.7. The standard InChI is InChI=1S/C34H30ClF2N7O/c1-3-20-8-10-23(40-28(4-2)21-9-12-29(35)39-19-21)18-25(20)31-24-11-13-30(45)44(32-26(36)6-5-7-27(32)37)33(24)42-34(41-31)43-16-14-22(38)15-17-43/h3-13,18-19,22,40H,1,14-17,38H2,2H3/b28-4-. The van der Waals surface area contributed by atoms with Crippen molar-refractivity contribution in [1.29, 1.82) is 0 Å². The van der Waals surface area contributed by atoms with E-state index in [-0.39, 0.29) is 11.7 Å². The van der Waals surface area contributed by atoms with E-state index in [2.05, 4.69) is 16.9 Å². The summed E-state index contributed by atoms with van der Waals surface area (Å²) in [6.45, 7) is 7.10. The summed E-state index contributed by atoms with van der Waals surface area (Å²) < 4.78 is 31.3. The van der Waals surface area contributed by atoms with Crippen LogP contribution in [0.25, 0.3) is 39.8 Å². The Hall–Kier alpha value is -4.93. The zero-order valence-electron chi connectivity index (χ0n) is 24.5. The lowest BCUT2D eigenvalue weighted by Crippen LogP contribution is -2.40. The number of pyridine rings is 2. The molecule has 0 aliphatic carbocycles. The highest BCUT2D eigenvalue weighted by Crippen LogP contribution is 2.35. The largest absolute Gasteiger partial charge is 0.355 e. The highest BCUT2D eigenvalue weighted by molar-refractivity contribution is 6.29. The summed E-state index contributed by atoms with van der Waals surface area (Å²) in [5.41, 5.74) is 9.42. The van der Waals surface area contributed by atoms with Crippen LogP contribution in [0, 0.1) is 11.6 Å². The Morgan fingerprint density at radius 3 is 2.49 bits per heavy atom. The molecule has 4 heterocycles. The average molecular weight is 626 g/mol. The van der Waals surface area contributed by atoms with Gasteiger partial charge in [0.1, 0.15) is 22.5 Å². The minimum atomic E-state index is -0.885. The van der Waals surface area contributed by atoms with Gasteiger partial charge >= 0.3 is 0 Å². The maximum Gasteiger partial charge on any atom is 0.256 e. The Labute approximate surface area is 263 Å². The number of halogens is 3. The van der Waals surface area contributed by atoms with Crippen molar-refractivity contribution >= 4 is 46.0 Å². The number of fused-ring (bicyclic) bond motifs is 1. The molecule has 3 N–H and O–H groups in total. The molecule has 0 unspecified atom stereocenters. The van der Waals surface area contributed by atoms with Crippen LogP contribution in [0.3, 0.4) is 0 Å². The summed E-state index contributed by atoms with van der Waals surface area (Å²) in [5.74, 6) is -1.44. The van der Waals surface area contributed by atoms with Gasteiger partial charge in [-0.25, -0.2) is 18.7 Å². The maximum atomic E-state index is 15.1. The van der Waals surface area contributed by atoms with Crippen LogP contribution in [0.15, 0.2) is 84.3 Å². The molecule has 0 radical (unpaired) electrons. The lowest BCUT2D eigenvalue weighted by atomic mass is 10.00. The number of hydrogen-bond acceptors (Lipinski definition) is 7. The monoisotopic (exact) mass is 625 g/mol. The molecule has 228 valence electrons. The van der Waals surface area contributed by atoms with E-state index in [4.69, 9.17) is 27.3 Å². The van der Waals surface area contributed by atoms with Gasteiger partial charge in [0.15, 0.2) is 5.65 Å². The predicted molar refractivity (Wildman–Crippen MR) is 177 cm³/mol. The van der Waals surface area contributed by atoms with Crippen LogP contribution in [0.2, 0.25) is 5.15 Å². The number of para-hydroxylation sites is 1. The van der Waals surface area contributed by atoms with Gasteiger partial charge in [0, 0.05) is 59.3 Å². The van der Waals surface area contributed by atoms with Crippen molar-refractivity contribution in [2.24, 2.45) is 5.73 Å². The summed E-state index contributed by atoms with van der Waals surface area (Å²) in [4.78, 5) is 29.2. The molecule has 6 rings (SSSR count). The van der Waals surface area contributed by atoms with E-state index < -0.39 is 22.9 Å². The van der Waals surface area contributed by atoms with Crippen molar-refractivity contribution in [3.8, 4) is 16.9 Å². The molecular formula is C34H30ClF2N7O. The first-order valence-corrected chi connectivity index (χ1v) is 14.9. The highest BCUT2D eigenvalue weighted by atomic mass is 35.5. The van der Waals surface area contributed by atoms with Gasteiger partial charge in [-0.1, -0.05) is 42.5 Å². The number of nitrogens with one attached hydrogen (secondary N) is 1. The number of anilines is 2. The second-order valence-corrected chi connectivity index (χ2v) is 11.1. The first kappa shape index (κ1) is 30.1. The molecule has 2 aromatic carbocycles. The molecule has 0 bridgehead atoms. The summed E-state index contributed by atoms with van der Waals surface area (Å²) in [6, 6.07) is 15.7. The zero-order valence-corrected chi connectivity index (χ0v) is 25.2. The first-order chi connectivity index (χ1) is 21.8. The Bertz CT molecular complexity index is 1980. The molecule has 11 heteroatoms. The third kappa shape index (κ3) is 5.94. The van der Waals surface area contributed by atoms with E-state index in [1.165, 1.54) is 12.1 Å². The third-order valence-corrected chi connectivity index (χ3v) is 8.08. The van der Waals surface area contributed by atoms with Crippen molar-refractivity contribution in [2.45, 2.75) is 25.8 Å². The van der Waals surface area contributed by atoms with E-state index in [1.807, 2.05) is 42.2 Å². The quantitative estimate of drug-likeness (QED) is 0.191. The molecule has 5 aromatic rings. The summed E-state index contributed by atoms with van der Waals surface area (Å²) in [6.07, 6.45) is 6.76. The normalized spacial score (nSPS) is 14.2. The molecule has 1 aliphatic rings. The van der Waals surface area contributed by atoms with Crippen LogP contribution in [0.5, 0.6) is 0 Å². The fourth-order valence-electron chi connectivity index (χ4n) is 5.49. The number of rotatable bonds is 7. The summed E-state index contributed by atoms with van der Waals surface area (Å²) in [7, 11) is 0. The third-order valence-electron chi connectivity index (χ3n) is 7.86. The summed E-state index contributed by atoms with van der Waals surface area (Å²) in [5, 5.41) is 4.26. The molecule has 3 aromatic heterocycles. The van der Waals surface area contributed by atoms with Crippen molar-refractivity contribution in [2.75, 3.05) is 23.3 Å². The molecule has 0 atom stereocenters. The number of benzene rings is 2. The Balaban J connectivity index is 1.58. The number of allylic oxidation sites excluding steroid dienone is 1. The van der Waals surface area contributed by atoms with Gasteiger partial charge in [0.05, 0.1) is 5.69 Å². The van der Waals surface area contributed by atoms with Crippen LogP contribution in [0.4, 0.5) is 20.4 Å². The summed E-state index contributed by atoms with van der Waals surface area (Å²) >= 11 is 6.00. The lowest BCUT2D eigenvalue weighted by Gasteiger charge is -2.30. The van der Waals surface area contributed by atoms with Crippen LogP contribution >= 0.6 is 11.6 Å². The van der Waals surface area contributed by atoms with Gasteiger partial charge in [-0.05, 0) is 67.8 Å². The van der Waals surface area contributed by atoms with Crippen LogP contribution < -0.4 is 21.5 Å². The van der Waals surface area contributed by atoms with Crippen molar-refractivity contribution in [3.05, 3.63) is 118 Å². The fraction of sp³-hybridized carbons (Fsp3) is 0.176. The Kier molecular flexibility index (Phi) is 8.42. The van der Waals surface area contributed by atoms with Gasteiger partial charge in [-0.2, -0.15) is 4.98 Å². The molecular weight excluding hydrogens is 596 g/mol. The Morgan fingerprint density at radius 1 is 1.07 bits per heavy atom. The van der Waals surface area contributed by atoms with Gasteiger partial charge in [-0.15, -0.1) is 0 Å². The number of nitrogens with two attached hydrogens (primary N) is 1.